The summed E-state index contributed by atoms with van der Waals surface area (Å²) < 4.78 is 2.35. The highest BCUT2D eigenvalue weighted by molar-refractivity contribution is 6.10. The van der Waals surface area contributed by atoms with E-state index >= 15 is 0 Å². The average Bonchev–Trinajstić information content (AvgIpc) is 3.12. The number of para-hydroxylation sites is 2. The van der Waals surface area contributed by atoms with Gasteiger partial charge in [0.25, 0.3) is 0 Å². The first-order chi connectivity index (χ1) is 14.8. The zero-order chi connectivity index (χ0) is 20.1. The second kappa shape index (κ2) is 6.67. The van der Waals surface area contributed by atoms with Crippen LogP contribution in [0, 0.1) is 6.92 Å². The van der Waals surface area contributed by atoms with Crippen LogP contribution in [0.1, 0.15) is 23.5 Å². The van der Waals surface area contributed by atoms with Gasteiger partial charge < -0.3 is 4.57 Å². The Hall–Kier alpha value is -3.72. The number of aromatic nitrogens is 3. The molecular weight excluding hydrogens is 366 g/mol. The van der Waals surface area contributed by atoms with E-state index < -0.39 is 0 Å². The van der Waals surface area contributed by atoms with Gasteiger partial charge in [-0.3, -0.25) is 0 Å². The van der Waals surface area contributed by atoms with Crippen LogP contribution in [0.4, 0.5) is 0 Å². The fraction of sp³-hybridized carbons (Fsp3) is 0.111. The first-order valence-electron chi connectivity index (χ1n) is 10.4. The van der Waals surface area contributed by atoms with Gasteiger partial charge in [0.05, 0.1) is 22.4 Å². The van der Waals surface area contributed by atoms with Crippen molar-refractivity contribution in [3.63, 3.8) is 0 Å². The molecule has 0 N–H and O–H groups in total. The molecule has 144 valence electrons. The molecule has 0 saturated carbocycles. The minimum Gasteiger partial charge on any atom is -0.309 e. The predicted octanol–water partition coefficient (Wildman–Crippen LogP) is 6.51. The van der Waals surface area contributed by atoms with Crippen LogP contribution in [0.25, 0.3) is 44.8 Å². The summed E-state index contributed by atoms with van der Waals surface area (Å²) in [4.78, 5) is 9.54. The molecule has 3 heteroatoms. The smallest absolute Gasteiger partial charge is 0.126 e. The van der Waals surface area contributed by atoms with Crippen LogP contribution in [0.3, 0.4) is 0 Å². The Kier molecular flexibility index (Phi) is 3.81. The van der Waals surface area contributed by atoms with E-state index in [1.165, 1.54) is 27.5 Å². The third kappa shape index (κ3) is 2.59. The molecule has 0 spiro atoms. The number of nitrogens with zero attached hydrogens (tertiary/aromatic N) is 3. The summed E-state index contributed by atoms with van der Waals surface area (Å²) in [7, 11) is 0. The molecule has 30 heavy (non-hydrogen) atoms. The van der Waals surface area contributed by atoms with E-state index in [0.29, 0.717) is 0 Å². The van der Waals surface area contributed by atoms with Gasteiger partial charge >= 0.3 is 0 Å². The fourth-order valence-electron chi connectivity index (χ4n) is 4.62. The van der Waals surface area contributed by atoms with Gasteiger partial charge in [-0.2, -0.15) is 0 Å². The molecule has 1 aliphatic rings. The van der Waals surface area contributed by atoms with E-state index in [-0.39, 0.29) is 0 Å². The lowest BCUT2D eigenvalue weighted by atomic mass is 9.97. The quantitative estimate of drug-likeness (QED) is 0.346. The van der Waals surface area contributed by atoms with Gasteiger partial charge in [0.2, 0.25) is 0 Å². The van der Waals surface area contributed by atoms with Crippen molar-refractivity contribution in [1.82, 2.24) is 14.5 Å². The molecule has 0 aliphatic heterocycles. The van der Waals surface area contributed by atoms with Gasteiger partial charge in [0.1, 0.15) is 5.82 Å². The minimum atomic E-state index is 0.836. The van der Waals surface area contributed by atoms with Crippen LogP contribution in [0.5, 0.6) is 0 Å². The lowest BCUT2D eigenvalue weighted by Gasteiger charge is -2.15. The van der Waals surface area contributed by atoms with Crippen molar-refractivity contribution in [3.05, 3.63) is 96.0 Å². The summed E-state index contributed by atoms with van der Waals surface area (Å²) in [6, 6.07) is 25.9. The van der Waals surface area contributed by atoms with Crippen LogP contribution in [-0.2, 0) is 6.42 Å². The molecule has 2 aromatic heterocycles. The van der Waals surface area contributed by atoms with Gasteiger partial charge in [-0.25, -0.2) is 9.97 Å². The standard InChI is InChI=1S/C27H21N3/c1-18-28-24-13-7-5-12-23(24)27(29-18)19-15-16-22-21-11-6-8-14-25(21)30(26(22)17-19)20-9-3-2-4-10-20/h2-6,8-12,14-17H,7,13H2,1H3. The summed E-state index contributed by atoms with van der Waals surface area (Å²) in [6.07, 6.45) is 6.44. The van der Waals surface area contributed by atoms with Crippen LogP contribution >= 0.6 is 0 Å². The summed E-state index contributed by atoms with van der Waals surface area (Å²) in [5.74, 6) is 0.836. The highest BCUT2D eigenvalue weighted by Crippen LogP contribution is 2.36. The molecule has 6 rings (SSSR count). The molecule has 5 aromatic rings. The monoisotopic (exact) mass is 387 g/mol. The summed E-state index contributed by atoms with van der Waals surface area (Å²) in [6.45, 7) is 1.99. The van der Waals surface area contributed by atoms with Crippen molar-refractivity contribution < 1.29 is 0 Å². The summed E-state index contributed by atoms with van der Waals surface area (Å²) in [5, 5.41) is 2.53. The van der Waals surface area contributed by atoms with Gasteiger partial charge in [-0.05, 0) is 44.0 Å². The maximum atomic E-state index is 4.85. The Morgan fingerprint density at radius 3 is 2.50 bits per heavy atom. The molecular formula is C27H21N3. The van der Waals surface area contributed by atoms with Crippen LogP contribution in [0.2, 0.25) is 0 Å². The van der Waals surface area contributed by atoms with Crippen LogP contribution < -0.4 is 0 Å². The van der Waals surface area contributed by atoms with Gasteiger partial charge in [0, 0.05) is 27.6 Å². The molecule has 2 heterocycles. The number of rotatable bonds is 2. The van der Waals surface area contributed by atoms with Crippen LogP contribution in [-0.4, -0.2) is 14.5 Å². The van der Waals surface area contributed by atoms with Crippen molar-refractivity contribution in [2.45, 2.75) is 19.8 Å². The van der Waals surface area contributed by atoms with E-state index in [9.17, 15) is 0 Å². The lowest BCUT2D eigenvalue weighted by molar-refractivity contribution is 0.886. The zero-order valence-electron chi connectivity index (χ0n) is 16.8. The number of hydrogen-bond acceptors (Lipinski definition) is 2. The topological polar surface area (TPSA) is 30.7 Å². The molecule has 0 fully saturated rings. The number of hydrogen-bond donors (Lipinski definition) is 0. The van der Waals surface area contributed by atoms with Crippen LogP contribution in [0.15, 0.2) is 78.9 Å². The first kappa shape index (κ1) is 17.2. The van der Waals surface area contributed by atoms with Crippen molar-refractivity contribution in [2.75, 3.05) is 0 Å². The van der Waals surface area contributed by atoms with Gasteiger partial charge in [-0.15, -0.1) is 0 Å². The second-order valence-electron chi connectivity index (χ2n) is 7.84. The maximum Gasteiger partial charge on any atom is 0.126 e. The molecule has 0 atom stereocenters. The number of aryl methyl sites for hydroxylation is 2. The second-order valence-corrected chi connectivity index (χ2v) is 7.84. The zero-order valence-corrected chi connectivity index (χ0v) is 16.8. The van der Waals surface area contributed by atoms with E-state index in [4.69, 9.17) is 9.97 Å². The Balaban J connectivity index is 1.68. The molecule has 0 saturated heterocycles. The van der Waals surface area contributed by atoms with Crippen molar-refractivity contribution in [1.29, 1.82) is 0 Å². The Morgan fingerprint density at radius 1 is 0.800 bits per heavy atom. The van der Waals surface area contributed by atoms with Crippen molar-refractivity contribution in [2.24, 2.45) is 0 Å². The van der Waals surface area contributed by atoms with E-state index in [1.54, 1.807) is 0 Å². The molecule has 0 radical (unpaired) electrons. The van der Waals surface area contributed by atoms with Crippen molar-refractivity contribution in [3.8, 4) is 16.9 Å². The van der Waals surface area contributed by atoms with Gasteiger partial charge in [-0.1, -0.05) is 60.7 Å². The molecule has 0 unspecified atom stereocenters. The average molecular weight is 387 g/mol. The number of benzene rings is 3. The Morgan fingerprint density at radius 2 is 1.60 bits per heavy atom. The van der Waals surface area contributed by atoms with E-state index in [1.807, 2.05) is 6.92 Å². The number of allylic oxidation sites excluding steroid dienone is 1. The fourth-order valence-corrected chi connectivity index (χ4v) is 4.62. The third-order valence-electron chi connectivity index (χ3n) is 5.93. The molecule has 1 aliphatic carbocycles. The predicted molar refractivity (Wildman–Crippen MR) is 124 cm³/mol. The van der Waals surface area contributed by atoms with Gasteiger partial charge in [0.15, 0.2) is 0 Å². The maximum absolute atomic E-state index is 4.85. The largest absolute Gasteiger partial charge is 0.309 e. The SMILES string of the molecule is Cc1nc2c(c(-c3ccc4c5ccccc5n(-c5ccccc5)c4c3)n1)C=CCC2. The lowest BCUT2D eigenvalue weighted by Crippen LogP contribution is -2.05. The third-order valence-corrected chi connectivity index (χ3v) is 5.93. The molecule has 0 amide bonds. The van der Waals surface area contributed by atoms with E-state index in [2.05, 4.69) is 89.5 Å². The molecule has 3 nitrogen and oxygen atoms in total. The Bertz CT molecular complexity index is 1440. The Labute approximate surface area is 175 Å². The van der Waals surface area contributed by atoms with Crippen molar-refractivity contribution >= 4 is 27.9 Å². The molecule has 0 bridgehead atoms. The number of fused-ring (bicyclic) bond motifs is 4. The summed E-state index contributed by atoms with van der Waals surface area (Å²) in [5.41, 5.74) is 8.07. The minimum absolute atomic E-state index is 0.836. The highest BCUT2D eigenvalue weighted by atomic mass is 15.0. The highest BCUT2D eigenvalue weighted by Gasteiger charge is 2.17. The first-order valence-corrected chi connectivity index (χ1v) is 10.4. The summed E-state index contributed by atoms with van der Waals surface area (Å²) >= 11 is 0. The molecule has 3 aromatic carbocycles. The van der Waals surface area contributed by atoms with E-state index in [0.717, 1.165) is 41.2 Å². The normalized spacial score (nSPS) is 13.1.